The van der Waals surface area contributed by atoms with Crippen molar-refractivity contribution in [1.29, 1.82) is 0 Å². The third kappa shape index (κ3) is 7.75. The summed E-state index contributed by atoms with van der Waals surface area (Å²) in [5.41, 5.74) is 8.50. The summed E-state index contributed by atoms with van der Waals surface area (Å²) in [7, 11) is 0. The minimum absolute atomic E-state index is 0.0799. The predicted octanol–water partition coefficient (Wildman–Crippen LogP) is 3.39. The SMILES string of the molecule is NC(=O)[C@H](Cc1ccccc1)NC(=O)CCCOc1c(CCO)c(-c2ccc[n+]([O-])c2)nn1-c1ccc(Cl)c(Cl)c1. The summed E-state index contributed by atoms with van der Waals surface area (Å²) < 4.78 is 8.31. The zero-order valence-electron chi connectivity index (χ0n) is 22.0. The number of hydrogen-bond donors (Lipinski definition) is 3. The second kappa shape index (κ2) is 14.0. The molecule has 0 fully saturated rings. The number of nitrogens with two attached hydrogens (primary N) is 1. The standard InChI is InChI=1S/C29H29Cl2N5O5/c30-23-11-10-21(17-24(23)31)36-29(22(12-14-37)27(34-36)20-8-4-13-35(40)18-20)41-15-5-9-26(38)33-25(28(32)39)16-19-6-2-1-3-7-19/h1-4,6-8,10-11,13,17-18,25,37H,5,9,12,14-16H2,(H2,32,39)(H,33,38)/t25-/m0/s1. The van der Waals surface area contributed by atoms with Crippen molar-refractivity contribution in [2.75, 3.05) is 13.2 Å². The number of rotatable bonds is 13. The Balaban J connectivity index is 1.52. The molecule has 0 unspecified atom stereocenters. The summed E-state index contributed by atoms with van der Waals surface area (Å²) in [5, 5.41) is 29.9. The number of pyridine rings is 1. The van der Waals surface area contributed by atoms with Gasteiger partial charge < -0.3 is 26.1 Å². The van der Waals surface area contributed by atoms with Crippen LogP contribution in [-0.2, 0) is 22.4 Å². The van der Waals surface area contributed by atoms with E-state index in [0.717, 1.165) is 5.56 Å². The average Bonchev–Trinajstić information content (AvgIpc) is 3.31. The Labute approximate surface area is 246 Å². The lowest BCUT2D eigenvalue weighted by atomic mass is 10.1. The van der Waals surface area contributed by atoms with Crippen molar-refractivity contribution in [3.63, 3.8) is 0 Å². The van der Waals surface area contributed by atoms with Crippen LogP contribution in [0.2, 0.25) is 10.0 Å². The number of primary amides is 1. The van der Waals surface area contributed by atoms with Crippen LogP contribution in [0.4, 0.5) is 0 Å². The lowest BCUT2D eigenvalue weighted by molar-refractivity contribution is -0.604. The number of aliphatic hydroxyl groups is 1. The van der Waals surface area contributed by atoms with Gasteiger partial charge in [0.05, 0.1) is 27.9 Å². The highest BCUT2D eigenvalue weighted by molar-refractivity contribution is 6.42. The van der Waals surface area contributed by atoms with Crippen LogP contribution in [0, 0.1) is 5.21 Å². The highest BCUT2D eigenvalue weighted by Gasteiger charge is 2.24. The molecule has 0 aliphatic heterocycles. The first-order valence-corrected chi connectivity index (χ1v) is 13.6. The molecule has 0 saturated heterocycles. The van der Waals surface area contributed by atoms with E-state index in [0.29, 0.717) is 49.6 Å². The maximum atomic E-state index is 12.6. The van der Waals surface area contributed by atoms with Crippen LogP contribution in [0.1, 0.15) is 24.0 Å². The first kappa shape index (κ1) is 29.9. The van der Waals surface area contributed by atoms with Gasteiger partial charge in [0.1, 0.15) is 11.7 Å². The monoisotopic (exact) mass is 597 g/mol. The molecule has 0 saturated carbocycles. The van der Waals surface area contributed by atoms with E-state index in [-0.39, 0.29) is 38.4 Å². The minimum atomic E-state index is -0.838. The number of aromatic nitrogens is 3. The third-order valence-electron chi connectivity index (χ3n) is 6.24. The van der Waals surface area contributed by atoms with Gasteiger partial charge in [-0.15, -0.1) is 0 Å². The number of nitrogens with zero attached hydrogens (tertiary/aromatic N) is 3. The van der Waals surface area contributed by atoms with E-state index in [4.69, 9.17) is 33.7 Å². The second-order valence-corrected chi connectivity index (χ2v) is 10.0. The number of hydrogen-bond acceptors (Lipinski definition) is 6. The van der Waals surface area contributed by atoms with Crippen LogP contribution >= 0.6 is 23.2 Å². The molecule has 2 aromatic carbocycles. The van der Waals surface area contributed by atoms with Gasteiger partial charge in [-0.3, -0.25) is 9.59 Å². The van der Waals surface area contributed by atoms with Gasteiger partial charge in [0.25, 0.3) is 0 Å². The fourth-order valence-electron chi connectivity index (χ4n) is 4.28. The average molecular weight is 598 g/mol. The van der Waals surface area contributed by atoms with Crippen molar-refractivity contribution in [1.82, 2.24) is 15.1 Å². The van der Waals surface area contributed by atoms with E-state index in [1.165, 1.54) is 17.1 Å². The van der Waals surface area contributed by atoms with E-state index in [1.807, 2.05) is 30.3 Å². The summed E-state index contributed by atoms with van der Waals surface area (Å²) in [6.07, 6.45) is 3.61. The van der Waals surface area contributed by atoms with Gasteiger partial charge in [0.15, 0.2) is 12.4 Å². The Bertz CT molecular complexity index is 1510. The quantitative estimate of drug-likeness (QED) is 0.122. The van der Waals surface area contributed by atoms with Crippen molar-refractivity contribution in [2.45, 2.75) is 31.7 Å². The molecule has 12 heteroatoms. The van der Waals surface area contributed by atoms with Gasteiger partial charge in [-0.1, -0.05) is 53.5 Å². The Morgan fingerprint density at radius 3 is 2.59 bits per heavy atom. The Kier molecular flexibility index (Phi) is 10.2. The number of carbonyl (C=O) groups excluding carboxylic acids is 2. The van der Waals surface area contributed by atoms with Crippen LogP contribution in [-0.4, -0.2) is 46.0 Å². The number of benzene rings is 2. The van der Waals surface area contributed by atoms with Crippen molar-refractivity contribution < 1.29 is 24.2 Å². The van der Waals surface area contributed by atoms with Gasteiger partial charge in [0.2, 0.25) is 17.7 Å². The molecule has 0 aliphatic rings. The molecule has 2 heterocycles. The van der Waals surface area contributed by atoms with Gasteiger partial charge >= 0.3 is 0 Å². The van der Waals surface area contributed by atoms with Crippen LogP contribution in [0.5, 0.6) is 5.88 Å². The van der Waals surface area contributed by atoms with Crippen LogP contribution in [0.15, 0.2) is 73.1 Å². The van der Waals surface area contributed by atoms with Crippen LogP contribution in [0.3, 0.4) is 0 Å². The van der Waals surface area contributed by atoms with Gasteiger partial charge in [0, 0.05) is 37.5 Å². The Hall–Kier alpha value is -4.12. The molecule has 214 valence electrons. The fraction of sp³-hybridized carbons (Fsp3) is 0.241. The van der Waals surface area contributed by atoms with Gasteiger partial charge in [-0.25, -0.2) is 4.68 Å². The smallest absolute Gasteiger partial charge is 0.240 e. The molecular weight excluding hydrogens is 569 g/mol. The maximum absolute atomic E-state index is 12.6. The molecular formula is C29H29Cl2N5O5. The predicted molar refractivity (Wildman–Crippen MR) is 155 cm³/mol. The first-order valence-electron chi connectivity index (χ1n) is 12.9. The molecule has 41 heavy (non-hydrogen) atoms. The van der Waals surface area contributed by atoms with Crippen molar-refractivity contribution in [3.05, 3.63) is 99.4 Å². The molecule has 2 aromatic heterocycles. The fourth-order valence-corrected chi connectivity index (χ4v) is 4.57. The summed E-state index contributed by atoms with van der Waals surface area (Å²) in [6.45, 7) is -0.0759. The topological polar surface area (TPSA) is 146 Å². The second-order valence-electron chi connectivity index (χ2n) is 9.23. The first-order chi connectivity index (χ1) is 19.8. The number of aliphatic hydroxyl groups excluding tert-OH is 1. The number of ether oxygens (including phenoxy) is 1. The van der Waals surface area contributed by atoms with Crippen molar-refractivity contribution >= 4 is 35.0 Å². The van der Waals surface area contributed by atoms with Crippen LogP contribution < -0.4 is 20.5 Å². The van der Waals surface area contributed by atoms with Crippen molar-refractivity contribution in [3.8, 4) is 22.8 Å². The lowest BCUT2D eigenvalue weighted by Crippen LogP contribution is -2.45. The lowest BCUT2D eigenvalue weighted by Gasteiger charge is -2.16. The Morgan fingerprint density at radius 1 is 1.12 bits per heavy atom. The largest absolute Gasteiger partial charge is 0.619 e. The van der Waals surface area contributed by atoms with E-state index in [1.54, 1.807) is 30.3 Å². The minimum Gasteiger partial charge on any atom is -0.619 e. The highest BCUT2D eigenvalue weighted by Crippen LogP contribution is 2.34. The van der Waals surface area contributed by atoms with E-state index in [9.17, 15) is 19.9 Å². The maximum Gasteiger partial charge on any atom is 0.240 e. The normalized spacial score (nSPS) is 11.7. The van der Waals surface area contributed by atoms with Crippen molar-refractivity contribution in [2.24, 2.45) is 5.73 Å². The molecule has 0 aliphatic carbocycles. The zero-order valence-corrected chi connectivity index (χ0v) is 23.5. The molecule has 0 radical (unpaired) electrons. The van der Waals surface area contributed by atoms with Gasteiger partial charge in [-0.05, 0) is 36.2 Å². The summed E-state index contributed by atoms with van der Waals surface area (Å²) in [4.78, 5) is 24.5. The summed E-state index contributed by atoms with van der Waals surface area (Å²) >= 11 is 12.4. The molecule has 4 aromatic rings. The molecule has 1 atom stereocenters. The van der Waals surface area contributed by atoms with Gasteiger partial charge in [-0.2, -0.15) is 9.83 Å². The summed E-state index contributed by atoms with van der Waals surface area (Å²) in [6, 6.07) is 16.7. The molecule has 2 amide bonds. The highest BCUT2D eigenvalue weighted by atomic mass is 35.5. The Morgan fingerprint density at radius 2 is 1.90 bits per heavy atom. The van der Waals surface area contributed by atoms with E-state index >= 15 is 0 Å². The van der Waals surface area contributed by atoms with Crippen LogP contribution in [0.25, 0.3) is 16.9 Å². The van der Waals surface area contributed by atoms with E-state index in [2.05, 4.69) is 10.4 Å². The third-order valence-corrected chi connectivity index (χ3v) is 6.98. The molecule has 0 bridgehead atoms. The number of carbonyl (C=O) groups is 2. The molecule has 10 nitrogen and oxygen atoms in total. The molecule has 4 rings (SSSR count). The number of halogens is 2. The molecule has 4 N–H and O–H groups in total. The molecule has 0 spiro atoms. The zero-order chi connectivity index (χ0) is 29.4. The van der Waals surface area contributed by atoms with E-state index < -0.39 is 11.9 Å². The number of amides is 2. The number of nitrogens with one attached hydrogen (secondary N) is 1. The summed E-state index contributed by atoms with van der Waals surface area (Å²) in [5.74, 6) is -0.634.